The number of allylic oxidation sites excluding steroid dienone is 6. The Morgan fingerprint density at radius 2 is 0.836 bits per heavy atom. The summed E-state index contributed by atoms with van der Waals surface area (Å²) in [6.07, 6.45) is 55.2. The van der Waals surface area contributed by atoms with Crippen LogP contribution in [-0.4, -0.2) is 61.6 Å². The lowest BCUT2D eigenvalue weighted by molar-refractivity contribution is -0.325. The van der Waals surface area contributed by atoms with Crippen molar-refractivity contribution >= 4 is 0 Å². The zero-order chi connectivity index (χ0) is 40.4. The first-order valence-electron chi connectivity index (χ1n) is 23.8. The van der Waals surface area contributed by atoms with Gasteiger partial charge in [-0.3, -0.25) is 10.0 Å². The number of hydrogen-bond acceptors (Lipinski definition) is 5. The summed E-state index contributed by atoms with van der Waals surface area (Å²) in [4.78, 5) is 6.80. The molecular formula is C49H105N3O3. The highest BCUT2D eigenvalue weighted by Crippen LogP contribution is 2.12. The van der Waals surface area contributed by atoms with Crippen LogP contribution in [0.4, 0.5) is 0 Å². The monoisotopic (exact) mass is 784 g/mol. The van der Waals surface area contributed by atoms with Crippen LogP contribution in [0, 0.1) is 0 Å². The molecule has 6 heteroatoms. The summed E-state index contributed by atoms with van der Waals surface area (Å²) in [6.45, 7) is 13.8. The summed E-state index contributed by atoms with van der Waals surface area (Å²) in [5.41, 5.74) is 1.31. The van der Waals surface area contributed by atoms with E-state index in [2.05, 4.69) is 94.1 Å². The Bertz CT molecular complexity index is 674. The Balaban J connectivity index is -0.000000228. The SMILES string of the molecule is C/C=C(/CCCCCN(O)OC)NCCN(C)C.CCCCCCCC/C=C\CCCCCCCC.CCCCCCCC/C=C\CCCCCCCC.O.[HH]. The highest BCUT2D eigenvalue weighted by molar-refractivity contribution is 4.97. The second-order valence-corrected chi connectivity index (χ2v) is 15.8. The quantitative estimate of drug-likeness (QED) is 0.0369. The zero-order valence-corrected chi connectivity index (χ0v) is 38.9. The molecule has 0 aliphatic rings. The van der Waals surface area contributed by atoms with Crippen molar-refractivity contribution in [1.29, 1.82) is 0 Å². The lowest BCUT2D eigenvalue weighted by Gasteiger charge is -2.14. The number of rotatable bonds is 39. The van der Waals surface area contributed by atoms with Crippen molar-refractivity contribution in [3.05, 3.63) is 36.1 Å². The molecule has 0 rings (SSSR count). The van der Waals surface area contributed by atoms with Crippen LogP contribution in [0.2, 0.25) is 0 Å². The third-order valence-corrected chi connectivity index (χ3v) is 10.00. The van der Waals surface area contributed by atoms with Crippen molar-refractivity contribution in [2.24, 2.45) is 0 Å². The minimum absolute atomic E-state index is 0. The van der Waals surface area contributed by atoms with Gasteiger partial charge in [0.25, 0.3) is 0 Å². The average molecular weight is 784 g/mol. The molecule has 0 radical (unpaired) electrons. The molecule has 0 saturated heterocycles. The molecule has 0 amide bonds. The van der Waals surface area contributed by atoms with Crippen molar-refractivity contribution in [1.82, 2.24) is 15.4 Å². The molecule has 0 unspecified atom stereocenters. The molecule has 0 spiro atoms. The fraction of sp³-hybridized carbons (Fsp3) is 0.878. The molecule has 0 saturated carbocycles. The van der Waals surface area contributed by atoms with Gasteiger partial charge >= 0.3 is 0 Å². The minimum Gasteiger partial charge on any atom is -0.412 e. The summed E-state index contributed by atoms with van der Waals surface area (Å²) in [5.74, 6) is 0. The molecular weight excluding hydrogens is 679 g/mol. The first-order chi connectivity index (χ1) is 26.4. The van der Waals surface area contributed by atoms with Crippen LogP contribution in [0.1, 0.15) is 242 Å². The number of hydrogen-bond donors (Lipinski definition) is 2. The summed E-state index contributed by atoms with van der Waals surface area (Å²) in [7, 11) is 5.62. The minimum atomic E-state index is 0. The lowest BCUT2D eigenvalue weighted by Crippen LogP contribution is -2.26. The molecule has 0 aliphatic carbocycles. The van der Waals surface area contributed by atoms with Crippen LogP contribution in [-0.2, 0) is 4.84 Å². The Kier molecular flexibility index (Phi) is 62.9. The molecule has 4 N–H and O–H groups in total. The molecule has 0 atom stereocenters. The van der Waals surface area contributed by atoms with E-state index in [9.17, 15) is 0 Å². The lowest BCUT2D eigenvalue weighted by atomic mass is 10.1. The maximum absolute atomic E-state index is 9.06. The van der Waals surface area contributed by atoms with E-state index in [-0.39, 0.29) is 6.90 Å². The van der Waals surface area contributed by atoms with Crippen molar-refractivity contribution in [2.75, 3.05) is 40.8 Å². The normalized spacial score (nSPS) is 11.6. The number of nitrogens with one attached hydrogen (secondary N) is 1. The molecule has 55 heavy (non-hydrogen) atoms. The second kappa shape index (κ2) is 57.1. The largest absolute Gasteiger partial charge is 0.412 e. The maximum atomic E-state index is 9.06. The smallest absolute Gasteiger partial charge is 0.0601 e. The van der Waals surface area contributed by atoms with Crippen molar-refractivity contribution in [3.63, 3.8) is 0 Å². The van der Waals surface area contributed by atoms with E-state index >= 15 is 0 Å². The maximum Gasteiger partial charge on any atom is 0.0601 e. The van der Waals surface area contributed by atoms with Crippen LogP contribution in [0.15, 0.2) is 36.1 Å². The van der Waals surface area contributed by atoms with Crippen LogP contribution >= 0.6 is 0 Å². The van der Waals surface area contributed by atoms with Gasteiger partial charge < -0.3 is 15.7 Å². The van der Waals surface area contributed by atoms with E-state index in [1.54, 1.807) is 0 Å². The third kappa shape index (κ3) is 62.2. The summed E-state index contributed by atoms with van der Waals surface area (Å²) < 4.78 is 0. The zero-order valence-electron chi connectivity index (χ0n) is 38.9. The van der Waals surface area contributed by atoms with Gasteiger partial charge in [0.15, 0.2) is 0 Å². The second-order valence-electron chi connectivity index (χ2n) is 15.8. The van der Waals surface area contributed by atoms with Crippen molar-refractivity contribution < 1.29 is 16.9 Å². The highest BCUT2D eigenvalue weighted by atomic mass is 16.9. The molecule has 0 heterocycles. The first kappa shape index (κ1) is 60.5. The van der Waals surface area contributed by atoms with Crippen LogP contribution < -0.4 is 5.32 Å². The Morgan fingerprint density at radius 1 is 0.509 bits per heavy atom. The number of hydroxylamine groups is 2. The molecule has 0 aliphatic heterocycles. The molecule has 0 aromatic heterocycles. The third-order valence-electron chi connectivity index (χ3n) is 10.00. The predicted octanol–water partition coefficient (Wildman–Crippen LogP) is 15.4. The standard InChI is InChI=1S/2C18H36.C13H29N3O2.H2O.H2/c2*1-3-5-7-9-11-13-15-17-18-16-14-12-10-8-6-4-2;1-5-13(14-10-12-15(2)3)9-7-6-8-11-16(17)18-4;;/h2*17-18H,3-16H2,1-2H3;5,14,17H,6-12H2,1-4H3;1H2;1H/b2*18-17-;13-5-;;. The molecule has 0 fully saturated rings. The van der Waals surface area contributed by atoms with Gasteiger partial charge in [0.1, 0.15) is 0 Å². The van der Waals surface area contributed by atoms with E-state index in [1.807, 2.05) is 0 Å². The summed E-state index contributed by atoms with van der Waals surface area (Å²) >= 11 is 0. The number of nitrogens with zero attached hydrogens (tertiary/aromatic N) is 2. The van der Waals surface area contributed by atoms with Gasteiger partial charge in [-0.05, 0) is 91.6 Å². The average Bonchev–Trinajstić information content (AvgIpc) is 3.17. The molecule has 6 nitrogen and oxygen atoms in total. The van der Waals surface area contributed by atoms with Gasteiger partial charge in [0, 0.05) is 20.2 Å². The summed E-state index contributed by atoms with van der Waals surface area (Å²) in [5, 5.41) is 13.4. The number of unbranched alkanes of at least 4 members (excludes halogenated alkanes) is 26. The Labute approximate surface area is 348 Å². The van der Waals surface area contributed by atoms with Crippen molar-refractivity contribution in [2.45, 2.75) is 240 Å². The molecule has 0 bridgehead atoms. The van der Waals surface area contributed by atoms with Crippen LogP contribution in [0.25, 0.3) is 0 Å². The Hall–Kier alpha value is -1.18. The van der Waals surface area contributed by atoms with E-state index < -0.39 is 0 Å². The van der Waals surface area contributed by atoms with Gasteiger partial charge in [-0.25, -0.2) is 0 Å². The molecule has 0 aromatic rings. The number of likely N-dealkylation sites (N-methyl/N-ethyl adjacent to an activating group) is 1. The van der Waals surface area contributed by atoms with E-state index in [0.717, 1.165) is 44.0 Å². The first-order valence-corrected chi connectivity index (χ1v) is 23.8. The highest BCUT2D eigenvalue weighted by Gasteiger charge is 2.00. The molecule has 334 valence electrons. The van der Waals surface area contributed by atoms with Gasteiger partial charge in [0.05, 0.1) is 13.7 Å². The fourth-order valence-electron chi connectivity index (χ4n) is 6.25. The van der Waals surface area contributed by atoms with E-state index in [1.165, 1.54) is 193 Å². The van der Waals surface area contributed by atoms with Crippen LogP contribution in [0.3, 0.4) is 0 Å². The molecule has 0 aromatic carbocycles. The van der Waals surface area contributed by atoms with E-state index in [0.29, 0.717) is 6.54 Å². The predicted molar refractivity (Wildman–Crippen MR) is 250 cm³/mol. The van der Waals surface area contributed by atoms with E-state index in [4.69, 9.17) is 5.21 Å². The van der Waals surface area contributed by atoms with Gasteiger partial charge in [-0.15, -0.1) is 0 Å². The summed E-state index contributed by atoms with van der Waals surface area (Å²) in [6, 6.07) is 0. The van der Waals surface area contributed by atoms with Gasteiger partial charge in [0.2, 0.25) is 0 Å². The fourth-order valence-corrected chi connectivity index (χ4v) is 6.25. The van der Waals surface area contributed by atoms with Crippen molar-refractivity contribution in [3.8, 4) is 0 Å². The van der Waals surface area contributed by atoms with Crippen LogP contribution in [0.5, 0.6) is 0 Å². The Morgan fingerprint density at radius 3 is 1.15 bits per heavy atom. The topological polar surface area (TPSA) is 79.5 Å². The van der Waals surface area contributed by atoms with Gasteiger partial charge in [-0.2, -0.15) is 0 Å². The van der Waals surface area contributed by atoms with Gasteiger partial charge in [-0.1, -0.05) is 198 Å².